The molecule has 0 aliphatic carbocycles. The molecule has 0 aliphatic rings. The standard InChI is InChI=1S/C36H39ClN6O/c37-31-16-10-28(11-17-31)20-23-43-33-18-15-30(36(44)42(24-21-38)22-4-7-26-5-2-1-3-6-26)25-32(33)41-34(43)19-12-27-8-13-29(14-9-27)35(39)40/h1-3,5-6,8-11,13-18,25H,4,7,12,19-24,38H2,(H3,39,40). The highest BCUT2D eigenvalue weighted by molar-refractivity contribution is 6.30. The number of fused-ring (bicyclic) bond motifs is 1. The van der Waals surface area contributed by atoms with E-state index in [4.69, 9.17) is 33.5 Å². The highest BCUT2D eigenvalue weighted by Gasteiger charge is 2.18. The van der Waals surface area contributed by atoms with Crippen LogP contribution in [-0.2, 0) is 32.2 Å². The molecule has 226 valence electrons. The summed E-state index contributed by atoms with van der Waals surface area (Å²) in [6.45, 7) is 2.32. The number of benzene rings is 4. The molecule has 0 saturated heterocycles. The van der Waals surface area contributed by atoms with Gasteiger partial charge in [-0.1, -0.05) is 78.3 Å². The van der Waals surface area contributed by atoms with Crippen LogP contribution in [0.15, 0.2) is 97.1 Å². The summed E-state index contributed by atoms with van der Waals surface area (Å²) < 4.78 is 2.26. The van der Waals surface area contributed by atoms with Crippen LogP contribution < -0.4 is 11.5 Å². The average molecular weight is 607 g/mol. The van der Waals surface area contributed by atoms with E-state index >= 15 is 0 Å². The summed E-state index contributed by atoms with van der Waals surface area (Å²) in [4.78, 5) is 20.5. The van der Waals surface area contributed by atoms with Crippen LogP contribution in [0.4, 0.5) is 0 Å². The first-order valence-electron chi connectivity index (χ1n) is 15.1. The third kappa shape index (κ3) is 7.92. The summed E-state index contributed by atoms with van der Waals surface area (Å²) in [7, 11) is 0. The third-order valence-corrected chi connectivity index (χ3v) is 8.19. The van der Waals surface area contributed by atoms with Gasteiger partial charge in [0.05, 0.1) is 11.0 Å². The number of amidine groups is 1. The molecular formula is C36H39ClN6O. The van der Waals surface area contributed by atoms with Gasteiger partial charge in [0.25, 0.3) is 5.91 Å². The van der Waals surface area contributed by atoms with Gasteiger partial charge in [-0.2, -0.15) is 0 Å². The van der Waals surface area contributed by atoms with E-state index in [0.717, 1.165) is 66.1 Å². The molecule has 0 fully saturated rings. The number of rotatable bonds is 14. The highest BCUT2D eigenvalue weighted by Crippen LogP contribution is 2.22. The van der Waals surface area contributed by atoms with Gasteiger partial charge in [0, 0.05) is 48.7 Å². The van der Waals surface area contributed by atoms with Crippen LogP contribution in [0.3, 0.4) is 0 Å². The Bertz CT molecular complexity index is 1700. The molecule has 0 radical (unpaired) electrons. The second-order valence-corrected chi connectivity index (χ2v) is 11.5. The van der Waals surface area contributed by atoms with Gasteiger partial charge >= 0.3 is 0 Å². The van der Waals surface area contributed by atoms with Crippen molar-refractivity contribution in [3.63, 3.8) is 0 Å². The Labute approximate surface area is 264 Å². The number of hydrogen-bond donors (Lipinski definition) is 3. The first-order chi connectivity index (χ1) is 21.4. The maximum Gasteiger partial charge on any atom is 0.253 e. The molecule has 0 bridgehead atoms. The number of halogens is 1. The SMILES string of the molecule is N=C(N)c1ccc(CCc2nc3cc(C(=O)N(CCN)CCCc4ccccc4)ccc3n2CCc2ccc(Cl)cc2)cc1. The number of hydrogen-bond acceptors (Lipinski definition) is 4. The van der Waals surface area contributed by atoms with Gasteiger partial charge < -0.3 is 20.9 Å². The lowest BCUT2D eigenvalue weighted by Crippen LogP contribution is -2.36. The lowest BCUT2D eigenvalue weighted by atomic mass is 10.1. The van der Waals surface area contributed by atoms with Gasteiger partial charge in [0.15, 0.2) is 0 Å². The van der Waals surface area contributed by atoms with Crippen LogP contribution >= 0.6 is 11.6 Å². The number of carbonyl (C=O) groups is 1. The van der Waals surface area contributed by atoms with E-state index in [9.17, 15) is 4.79 Å². The van der Waals surface area contributed by atoms with E-state index in [1.165, 1.54) is 11.1 Å². The molecule has 8 heteroatoms. The maximum absolute atomic E-state index is 13.6. The molecule has 0 aliphatic heterocycles. The number of nitrogens with two attached hydrogens (primary N) is 2. The quantitative estimate of drug-likeness (QED) is 0.106. The molecule has 1 amide bonds. The minimum absolute atomic E-state index is 0.0202. The number of nitrogens with one attached hydrogen (secondary N) is 1. The zero-order chi connectivity index (χ0) is 30.9. The Morgan fingerprint density at radius 2 is 1.45 bits per heavy atom. The Balaban J connectivity index is 1.36. The molecule has 44 heavy (non-hydrogen) atoms. The fraction of sp³-hybridized carbons (Fsp3) is 0.250. The van der Waals surface area contributed by atoms with Crippen molar-refractivity contribution in [2.75, 3.05) is 19.6 Å². The molecule has 4 aromatic carbocycles. The number of aryl methyl sites for hydroxylation is 5. The minimum Gasteiger partial charge on any atom is -0.384 e. The number of amides is 1. The number of nitrogen functional groups attached to an aromatic ring is 1. The minimum atomic E-state index is -0.0202. The smallest absolute Gasteiger partial charge is 0.253 e. The summed E-state index contributed by atoms with van der Waals surface area (Å²) in [6, 6.07) is 31.9. The summed E-state index contributed by atoms with van der Waals surface area (Å²) in [6.07, 6.45) is 4.13. The lowest BCUT2D eigenvalue weighted by molar-refractivity contribution is 0.0758. The van der Waals surface area contributed by atoms with E-state index in [-0.39, 0.29) is 11.7 Å². The Kier molecular flexibility index (Phi) is 10.4. The van der Waals surface area contributed by atoms with E-state index in [1.807, 2.05) is 77.7 Å². The van der Waals surface area contributed by atoms with Crippen molar-refractivity contribution in [3.8, 4) is 0 Å². The Morgan fingerprint density at radius 3 is 2.16 bits per heavy atom. The summed E-state index contributed by atoms with van der Waals surface area (Å²) in [5.41, 5.74) is 18.3. The summed E-state index contributed by atoms with van der Waals surface area (Å²) >= 11 is 6.11. The fourth-order valence-corrected chi connectivity index (χ4v) is 5.65. The van der Waals surface area contributed by atoms with Crippen LogP contribution in [0.25, 0.3) is 11.0 Å². The van der Waals surface area contributed by atoms with Crippen LogP contribution in [-0.4, -0.2) is 45.8 Å². The molecule has 0 spiro atoms. The molecule has 5 rings (SSSR count). The Morgan fingerprint density at radius 1 is 0.795 bits per heavy atom. The van der Waals surface area contributed by atoms with Gasteiger partial charge in [-0.3, -0.25) is 10.2 Å². The van der Waals surface area contributed by atoms with Crippen LogP contribution in [0.5, 0.6) is 0 Å². The lowest BCUT2D eigenvalue weighted by Gasteiger charge is -2.22. The zero-order valence-corrected chi connectivity index (χ0v) is 25.6. The molecule has 0 atom stereocenters. The van der Waals surface area contributed by atoms with E-state index in [2.05, 4.69) is 28.8 Å². The zero-order valence-electron chi connectivity index (χ0n) is 24.9. The van der Waals surface area contributed by atoms with Gasteiger partial charge in [-0.05, 0) is 72.7 Å². The number of aromatic nitrogens is 2. The molecule has 0 unspecified atom stereocenters. The Hall–Kier alpha value is -4.46. The maximum atomic E-state index is 13.6. The molecule has 7 nitrogen and oxygen atoms in total. The average Bonchev–Trinajstić information content (AvgIpc) is 3.40. The topological polar surface area (TPSA) is 114 Å². The van der Waals surface area contributed by atoms with Crippen molar-refractivity contribution in [2.24, 2.45) is 11.5 Å². The monoisotopic (exact) mass is 606 g/mol. The van der Waals surface area contributed by atoms with Crippen molar-refractivity contribution in [2.45, 2.75) is 38.6 Å². The summed E-state index contributed by atoms with van der Waals surface area (Å²) in [5, 5.41) is 8.37. The van der Waals surface area contributed by atoms with Gasteiger partial charge in [-0.15, -0.1) is 0 Å². The molecule has 1 heterocycles. The van der Waals surface area contributed by atoms with Crippen molar-refractivity contribution in [3.05, 3.63) is 136 Å². The largest absolute Gasteiger partial charge is 0.384 e. The second kappa shape index (κ2) is 14.8. The van der Waals surface area contributed by atoms with Crippen molar-refractivity contribution in [1.29, 1.82) is 5.41 Å². The molecular weight excluding hydrogens is 568 g/mol. The van der Waals surface area contributed by atoms with E-state index < -0.39 is 0 Å². The van der Waals surface area contributed by atoms with Gasteiger partial charge in [0.1, 0.15) is 11.7 Å². The van der Waals surface area contributed by atoms with E-state index in [0.29, 0.717) is 30.8 Å². The second-order valence-electron chi connectivity index (χ2n) is 11.0. The molecule has 5 aromatic rings. The first kappa shape index (κ1) is 31.0. The number of carbonyl (C=O) groups excluding carboxylic acids is 1. The number of nitrogens with zero attached hydrogens (tertiary/aromatic N) is 3. The predicted molar refractivity (Wildman–Crippen MR) is 179 cm³/mol. The van der Waals surface area contributed by atoms with E-state index in [1.54, 1.807) is 0 Å². The molecule has 1 aromatic heterocycles. The highest BCUT2D eigenvalue weighted by atomic mass is 35.5. The van der Waals surface area contributed by atoms with Crippen molar-refractivity contribution < 1.29 is 4.79 Å². The van der Waals surface area contributed by atoms with Crippen LogP contribution in [0.2, 0.25) is 5.02 Å². The van der Waals surface area contributed by atoms with Crippen molar-refractivity contribution >= 4 is 34.4 Å². The van der Waals surface area contributed by atoms with Gasteiger partial charge in [0.2, 0.25) is 0 Å². The van der Waals surface area contributed by atoms with Crippen LogP contribution in [0.1, 0.15) is 44.9 Å². The normalized spacial score (nSPS) is 11.1. The first-order valence-corrected chi connectivity index (χ1v) is 15.5. The van der Waals surface area contributed by atoms with Crippen molar-refractivity contribution in [1.82, 2.24) is 14.5 Å². The van der Waals surface area contributed by atoms with Crippen LogP contribution in [0, 0.1) is 5.41 Å². The summed E-state index contributed by atoms with van der Waals surface area (Å²) in [5.74, 6) is 1.01. The number of imidazole rings is 1. The van der Waals surface area contributed by atoms with Gasteiger partial charge in [-0.25, -0.2) is 4.98 Å². The third-order valence-electron chi connectivity index (χ3n) is 7.94. The molecule has 5 N–H and O–H groups in total. The molecule has 0 saturated carbocycles. The fourth-order valence-electron chi connectivity index (χ4n) is 5.52. The predicted octanol–water partition coefficient (Wildman–Crippen LogP) is 6.04.